The summed E-state index contributed by atoms with van der Waals surface area (Å²) < 4.78 is 5.89. The van der Waals surface area contributed by atoms with E-state index in [1.165, 1.54) is 16.7 Å². The predicted molar refractivity (Wildman–Crippen MR) is 99.8 cm³/mol. The fourth-order valence-corrected chi connectivity index (χ4v) is 3.52. The van der Waals surface area contributed by atoms with Crippen molar-refractivity contribution in [3.8, 4) is 5.75 Å². The van der Waals surface area contributed by atoms with Gasteiger partial charge in [-0.3, -0.25) is 9.69 Å². The molecule has 0 unspecified atom stereocenters. The number of hydrogen-bond donors (Lipinski definition) is 1. The molecule has 25 heavy (non-hydrogen) atoms. The van der Waals surface area contributed by atoms with E-state index in [0.717, 1.165) is 31.7 Å². The molecule has 1 aromatic rings. The molecule has 0 aromatic heterocycles. The van der Waals surface area contributed by atoms with Gasteiger partial charge in [-0.1, -0.05) is 38.5 Å². The summed E-state index contributed by atoms with van der Waals surface area (Å²) in [5, 5.41) is 9.00. The van der Waals surface area contributed by atoms with Gasteiger partial charge in [0.25, 0.3) is 0 Å². The second-order valence-electron chi connectivity index (χ2n) is 7.95. The molecule has 1 fully saturated rings. The van der Waals surface area contributed by atoms with Gasteiger partial charge >= 0.3 is 5.97 Å². The largest absolute Gasteiger partial charge is 0.494 e. The predicted octanol–water partition coefficient (Wildman–Crippen LogP) is 3.70. The Labute approximate surface area is 150 Å². The molecule has 1 aromatic carbocycles. The average Bonchev–Trinajstić information content (AvgIpc) is 2.50. The lowest BCUT2D eigenvalue weighted by molar-refractivity contribution is -0.147. The lowest BCUT2D eigenvalue weighted by Crippen LogP contribution is -2.51. The SMILES string of the molecule is CC(C)CCOc1ccc2c(c1)C[C@H](C)C(CN1CC(C(=O)O)C1)=C2. The smallest absolute Gasteiger partial charge is 0.309 e. The Hall–Kier alpha value is -1.81. The number of ether oxygens (including phenoxy) is 1. The number of fused-ring (bicyclic) bond motifs is 1. The maximum Gasteiger partial charge on any atom is 0.309 e. The van der Waals surface area contributed by atoms with Gasteiger partial charge in [0.2, 0.25) is 0 Å². The number of benzene rings is 1. The first kappa shape index (κ1) is 18.0. The highest BCUT2D eigenvalue weighted by molar-refractivity contribution is 5.71. The van der Waals surface area contributed by atoms with Crippen LogP contribution in [0.4, 0.5) is 0 Å². The van der Waals surface area contributed by atoms with Crippen LogP contribution in [0.2, 0.25) is 0 Å². The molecule has 1 N–H and O–H groups in total. The molecular formula is C21H29NO3. The van der Waals surface area contributed by atoms with E-state index >= 15 is 0 Å². The van der Waals surface area contributed by atoms with Crippen LogP contribution in [0.25, 0.3) is 6.08 Å². The van der Waals surface area contributed by atoms with E-state index < -0.39 is 5.97 Å². The number of hydrogen-bond acceptors (Lipinski definition) is 3. The molecule has 4 nitrogen and oxygen atoms in total. The summed E-state index contributed by atoms with van der Waals surface area (Å²) in [7, 11) is 0. The molecule has 136 valence electrons. The first-order valence-electron chi connectivity index (χ1n) is 9.33. The zero-order chi connectivity index (χ0) is 18.0. The Morgan fingerprint density at radius 3 is 2.80 bits per heavy atom. The van der Waals surface area contributed by atoms with Crippen LogP contribution in [-0.4, -0.2) is 42.2 Å². The summed E-state index contributed by atoms with van der Waals surface area (Å²) >= 11 is 0. The zero-order valence-electron chi connectivity index (χ0n) is 15.5. The molecule has 1 atom stereocenters. The van der Waals surface area contributed by atoms with Gasteiger partial charge in [-0.05, 0) is 47.9 Å². The molecule has 0 bridgehead atoms. The second kappa shape index (κ2) is 7.61. The molecule has 2 aliphatic rings. The number of rotatable bonds is 7. The van der Waals surface area contributed by atoms with Gasteiger partial charge in [0, 0.05) is 19.6 Å². The number of nitrogens with zero attached hydrogens (tertiary/aromatic N) is 1. The maximum atomic E-state index is 10.9. The van der Waals surface area contributed by atoms with Crippen LogP contribution in [0.1, 0.15) is 38.3 Å². The molecule has 3 rings (SSSR count). The Morgan fingerprint density at radius 1 is 1.36 bits per heavy atom. The number of likely N-dealkylation sites (tertiary alicyclic amines) is 1. The third kappa shape index (κ3) is 4.43. The van der Waals surface area contributed by atoms with Crippen LogP contribution in [0.15, 0.2) is 23.8 Å². The van der Waals surface area contributed by atoms with Crippen molar-refractivity contribution in [1.29, 1.82) is 0 Å². The third-order valence-corrected chi connectivity index (χ3v) is 5.29. The Kier molecular flexibility index (Phi) is 5.48. The zero-order valence-corrected chi connectivity index (χ0v) is 15.5. The first-order valence-corrected chi connectivity index (χ1v) is 9.33. The Morgan fingerprint density at radius 2 is 2.12 bits per heavy atom. The summed E-state index contributed by atoms with van der Waals surface area (Å²) in [5.41, 5.74) is 4.04. The van der Waals surface area contributed by atoms with Crippen molar-refractivity contribution in [1.82, 2.24) is 4.90 Å². The van der Waals surface area contributed by atoms with Crippen LogP contribution in [0, 0.1) is 17.8 Å². The summed E-state index contributed by atoms with van der Waals surface area (Å²) in [6.07, 6.45) is 4.39. The molecule has 0 spiro atoms. The Bertz CT molecular complexity index is 659. The van der Waals surface area contributed by atoms with E-state index in [9.17, 15) is 4.79 Å². The van der Waals surface area contributed by atoms with Crippen molar-refractivity contribution in [2.24, 2.45) is 17.8 Å². The molecule has 0 amide bonds. The quantitative estimate of drug-likeness (QED) is 0.820. The van der Waals surface area contributed by atoms with Crippen molar-refractivity contribution < 1.29 is 14.6 Å². The van der Waals surface area contributed by atoms with E-state index in [-0.39, 0.29) is 5.92 Å². The van der Waals surface area contributed by atoms with E-state index in [2.05, 4.69) is 49.9 Å². The molecule has 1 aliphatic carbocycles. The summed E-state index contributed by atoms with van der Waals surface area (Å²) in [4.78, 5) is 13.2. The maximum absolute atomic E-state index is 10.9. The molecule has 1 aliphatic heterocycles. The van der Waals surface area contributed by atoms with Crippen LogP contribution in [-0.2, 0) is 11.2 Å². The molecular weight excluding hydrogens is 314 g/mol. The molecule has 0 radical (unpaired) electrons. The van der Waals surface area contributed by atoms with Crippen LogP contribution >= 0.6 is 0 Å². The van der Waals surface area contributed by atoms with Gasteiger partial charge in [0.15, 0.2) is 0 Å². The Balaban J connectivity index is 1.61. The highest BCUT2D eigenvalue weighted by Crippen LogP contribution is 2.32. The molecule has 1 saturated heterocycles. The molecule has 0 saturated carbocycles. The lowest BCUT2D eigenvalue weighted by atomic mass is 9.83. The van der Waals surface area contributed by atoms with Crippen molar-refractivity contribution in [2.75, 3.05) is 26.2 Å². The van der Waals surface area contributed by atoms with Gasteiger partial charge < -0.3 is 9.84 Å². The lowest BCUT2D eigenvalue weighted by Gasteiger charge is -2.38. The normalized spacial score (nSPS) is 20.8. The van der Waals surface area contributed by atoms with Crippen molar-refractivity contribution in [3.05, 3.63) is 34.9 Å². The minimum Gasteiger partial charge on any atom is -0.494 e. The van der Waals surface area contributed by atoms with E-state index in [0.29, 0.717) is 24.9 Å². The topological polar surface area (TPSA) is 49.8 Å². The number of carboxylic acid groups (broad SMARTS) is 1. The van der Waals surface area contributed by atoms with Gasteiger partial charge in [-0.15, -0.1) is 0 Å². The van der Waals surface area contributed by atoms with Crippen molar-refractivity contribution in [2.45, 2.75) is 33.6 Å². The van der Waals surface area contributed by atoms with Crippen LogP contribution in [0.5, 0.6) is 5.75 Å². The van der Waals surface area contributed by atoms with Crippen molar-refractivity contribution in [3.63, 3.8) is 0 Å². The molecule has 4 heteroatoms. The van der Waals surface area contributed by atoms with E-state index in [1.54, 1.807) is 0 Å². The number of carbonyl (C=O) groups is 1. The summed E-state index contributed by atoms with van der Waals surface area (Å²) in [6.45, 7) is 9.69. The standard InChI is InChI=1S/C21H29NO3/c1-14(2)6-7-25-20-5-4-16-9-18(15(3)8-17(16)10-20)11-22-12-19(13-22)21(23)24/h4-5,9-10,14-15,19H,6-8,11-13H2,1-3H3,(H,23,24)/t15-/m0/s1. The fourth-order valence-electron chi connectivity index (χ4n) is 3.52. The second-order valence-corrected chi connectivity index (χ2v) is 7.95. The highest BCUT2D eigenvalue weighted by Gasteiger charge is 2.33. The van der Waals surface area contributed by atoms with Crippen molar-refractivity contribution >= 4 is 12.0 Å². The third-order valence-electron chi connectivity index (χ3n) is 5.29. The number of aliphatic carboxylic acids is 1. The minimum atomic E-state index is -0.669. The van der Waals surface area contributed by atoms with Crippen LogP contribution < -0.4 is 4.74 Å². The monoisotopic (exact) mass is 343 g/mol. The minimum absolute atomic E-state index is 0.183. The van der Waals surface area contributed by atoms with E-state index in [4.69, 9.17) is 9.84 Å². The fraction of sp³-hybridized carbons (Fsp3) is 0.571. The summed E-state index contributed by atoms with van der Waals surface area (Å²) in [5.74, 6) is 1.26. The van der Waals surface area contributed by atoms with E-state index in [1.807, 2.05) is 0 Å². The summed E-state index contributed by atoms with van der Waals surface area (Å²) in [6, 6.07) is 6.40. The van der Waals surface area contributed by atoms with Gasteiger partial charge in [-0.25, -0.2) is 0 Å². The highest BCUT2D eigenvalue weighted by atomic mass is 16.5. The molecule has 1 heterocycles. The number of carboxylic acids is 1. The first-order chi connectivity index (χ1) is 11.9. The van der Waals surface area contributed by atoms with Crippen LogP contribution in [0.3, 0.4) is 0 Å². The van der Waals surface area contributed by atoms with Gasteiger partial charge in [0.05, 0.1) is 12.5 Å². The van der Waals surface area contributed by atoms with Gasteiger partial charge in [0.1, 0.15) is 5.75 Å². The average molecular weight is 343 g/mol. The van der Waals surface area contributed by atoms with Gasteiger partial charge in [-0.2, -0.15) is 0 Å².